The van der Waals surface area contributed by atoms with Crippen molar-refractivity contribution in [1.29, 1.82) is 0 Å². The summed E-state index contributed by atoms with van der Waals surface area (Å²) in [7, 11) is 0. The molecule has 0 aliphatic heterocycles. The first-order chi connectivity index (χ1) is 3.79. The molecule has 0 unspecified atom stereocenters. The predicted octanol–water partition coefficient (Wildman–Crippen LogP) is 0.512. The molecule has 8 heavy (non-hydrogen) atoms. The Morgan fingerprint density at radius 1 is 1.75 bits per heavy atom. The molecule has 3 nitrogen and oxygen atoms in total. The zero-order chi connectivity index (χ0) is 5.98. The fraction of sp³-hybridized carbons (Fsp3) is 0. The van der Waals surface area contributed by atoms with Gasteiger partial charge in [-0.3, -0.25) is 0 Å². The number of aromatic nitrogens is 2. The van der Waals surface area contributed by atoms with Gasteiger partial charge in [-0.05, 0) is 0 Å². The summed E-state index contributed by atoms with van der Waals surface area (Å²) in [6, 6.07) is 2.54. The van der Waals surface area contributed by atoms with Gasteiger partial charge in [0.2, 0.25) is 5.95 Å². The number of anilines is 1. The van der Waals surface area contributed by atoms with Crippen LogP contribution in [0.5, 0.6) is 0 Å². The standard InChI is InChI=1S/C4H3ClN3/c5-3-1-2-7-4(6)8-3/h2H,(H2,6,7,8). The van der Waals surface area contributed by atoms with Crippen molar-refractivity contribution < 1.29 is 0 Å². The maximum absolute atomic E-state index is 5.36. The van der Waals surface area contributed by atoms with Crippen molar-refractivity contribution in [1.82, 2.24) is 9.97 Å². The second kappa shape index (κ2) is 1.96. The van der Waals surface area contributed by atoms with Crippen molar-refractivity contribution in [2.75, 3.05) is 5.73 Å². The van der Waals surface area contributed by atoms with Crippen LogP contribution < -0.4 is 5.73 Å². The molecule has 0 fully saturated rings. The number of rotatable bonds is 0. The van der Waals surface area contributed by atoms with Gasteiger partial charge in [0.15, 0.2) is 0 Å². The predicted molar refractivity (Wildman–Crippen MR) is 30.3 cm³/mol. The highest BCUT2D eigenvalue weighted by molar-refractivity contribution is 6.29. The molecule has 0 aliphatic rings. The number of nitrogens with zero attached hydrogens (tertiary/aromatic N) is 2. The molecule has 0 bridgehead atoms. The molecule has 0 aromatic carbocycles. The lowest BCUT2D eigenvalue weighted by atomic mass is 10.7. The molecule has 1 aromatic rings. The summed E-state index contributed by atoms with van der Waals surface area (Å²) in [5.41, 5.74) is 5.13. The van der Waals surface area contributed by atoms with E-state index in [1.165, 1.54) is 6.20 Å². The SMILES string of the molecule is Nc1nc[c]c(Cl)n1. The van der Waals surface area contributed by atoms with E-state index >= 15 is 0 Å². The van der Waals surface area contributed by atoms with Gasteiger partial charge < -0.3 is 5.73 Å². The van der Waals surface area contributed by atoms with Crippen molar-refractivity contribution in [2.45, 2.75) is 0 Å². The van der Waals surface area contributed by atoms with Crippen molar-refractivity contribution in [2.24, 2.45) is 0 Å². The van der Waals surface area contributed by atoms with Crippen LogP contribution in [0.2, 0.25) is 5.15 Å². The number of nitrogen functional groups attached to an aromatic ring is 1. The van der Waals surface area contributed by atoms with Gasteiger partial charge in [-0.1, -0.05) is 11.6 Å². The van der Waals surface area contributed by atoms with Gasteiger partial charge in [0.05, 0.1) is 0 Å². The van der Waals surface area contributed by atoms with E-state index in [0.29, 0.717) is 0 Å². The van der Waals surface area contributed by atoms with E-state index in [9.17, 15) is 0 Å². The Kier molecular flexibility index (Phi) is 1.30. The van der Waals surface area contributed by atoms with Gasteiger partial charge in [0.1, 0.15) is 5.15 Å². The van der Waals surface area contributed by atoms with Crippen molar-refractivity contribution in [3.05, 3.63) is 17.4 Å². The largest absolute Gasteiger partial charge is 0.368 e. The zero-order valence-electron chi connectivity index (χ0n) is 3.93. The summed E-state index contributed by atoms with van der Waals surface area (Å²) in [5, 5.41) is 0.248. The Morgan fingerprint density at radius 3 is 2.88 bits per heavy atom. The fourth-order valence-corrected chi connectivity index (χ4v) is 0.449. The summed E-state index contributed by atoms with van der Waals surface area (Å²) in [6.07, 6.45) is 1.38. The van der Waals surface area contributed by atoms with Gasteiger partial charge >= 0.3 is 0 Å². The maximum Gasteiger partial charge on any atom is 0.221 e. The molecule has 0 saturated heterocycles. The highest BCUT2D eigenvalue weighted by Crippen LogP contribution is 2.00. The third-order valence-corrected chi connectivity index (χ3v) is 0.787. The summed E-state index contributed by atoms with van der Waals surface area (Å²) < 4.78 is 0. The van der Waals surface area contributed by atoms with Crippen LogP contribution in [0.3, 0.4) is 0 Å². The highest BCUT2D eigenvalue weighted by atomic mass is 35.5. The average molecular weight is 129 g/mol. The first kappa shape index (κ1) is 5.31. The lowest BCUT2D eigenvalue weighted by molar-refractivity contribution is 1.18. The summed E-state index contributed by atoms with van der Waals surface area (Å²) >= 11 is 5.36. The van der Waals surface area contributed by atoms with Crippen molar-refractivity contribution in [3.63, 3.8) is 0 Å². The third kappa shape index (κ3) is 1.07. The Labute approximate surface area is 51.5 Å². The molecule has 41 valence electrons. The number of halogens is 1. The van der Waals surface area contributed by atoms with Gasteiger partial charge in [-0.15, -0.1) is 0 Å². The minimum Gasteiger partial charge on any atom is -0.368 e. The second-order valence-electron chi connectivity index (χ2n) is 1.16. The van der Waals surface area contributed by atoms with Gasteiger partial charge in [0.25, 0.3) is 0 Å². The first-order valence-electron chi connectivity index (χ1n) is 1.95. The Hall–Kier alpha value is -0.830. The highest BCUT2D eigenvalue weighted by Gasteiger charge is 1.87. The van der Waals surface area contributed by atoms with Crippen LogP contribution in [0.4, 0.5) is 5.95 Å². The van der Waals surface area contributed by atoms with E-state index < -0.39 is 0 Å². The van der Waals surface area contributed by atoms with Crippen LogP contribution in [0.1, 0.15) is 0 Å². The summed E-state index contributed by atoms with van der Waals surface area (Å²) in [4.78, 5) is 7.12. The van der Waals surface area contributed by atoms with E-state index in [1.807, 2.05) is 0 Å². The fourth-order valence-electron chi connectivity index (χ4n) is 0.313. The molecule has 0 spiro atoms. The molecule has 0 saturated carbocycles. The van der Waals surface area contributed by atoms with Gasteiger partial charge in [0, 0.05) is 12.3 Å². The molecule has 0 aliphatic carbocycles. The Bertz CT molecular complexity index is 171. The molecule has 1 radical (unpaired) electrons. The maximum atomic E-state index is 5.36. The minimum atomic E-state index is 0.175. The molecule has 1 heterocycles. The smallest absolute Gasteiger partial charge is 0.221 e. The second-order valence-corrected chi connectivity index (χ2v) is 1.52. The van der Waals surface area contributed by atoms with Crippen LogP contribution in [0.15, 0.2) is 6.20 Å². The quantitative estimate of drug-likeness (QED) is 0.518. The number of hydrogen-bond donors (Lipinski definition) is 1. The molecule has 0 amide bonds. The van der Waals surface area contributed by atoms with Crippen LogP contribution >= 0.6 is 11.6 Å². The van der Waals surface area contributed by atoms with E-state index in [-0.39, 0.29) is 11.1 Å². The van der Waals surface area contributed by atoms with E-state index in [1.54, 1.807) is 0 Å². The zero-order valence-corrected chi connectivity index (χ0v) is 4.68. The monoisotopic (exact) mass is 128 g/mol. The summed E-state index contributed by atoms with van der Waals surface area (Å²) in [6.45, 7) is 0. The Morgan fingerprint density at radius 2 is 2.50 bits per heavy atom. The van der Waals surface area contributed by atoms with Crippen molar-refractivity contribution >= 4 is 17.5 Å². The van der Waals surface area contributed by atoms with Crippen LogP contribution in [0.25, 0.3) is 0 Å². The molecule has 1 rings (SSSR count). The first-order valence-corrected chi connectivity index (χ1v) is 2.32. The lowest BCUT2D eigenvalue weighted by Gasteiger charge is -1.86. The topological polar surface area (TPSA) is 51.8 Å². The molecular weight excluding hydrogens is 126 g/mol. The number of nitrogens with two attached hydrogens (primary N) is 1. The Balaban J connectivity index is 3.08. The molecule has 4 heteroatoms. The van der Waals surface area contributed by atoms with Crippen LogP contribution in [-0.4, -0.2) is 9.97 Å². The van der Waals surface area contributed by atoms with E-state index in [0.717, 1.165) is 0 Å². The van der Waals surface area contributed by atoms with Crippen LogP contribution in [0, 0.1) is 6.07 Å². The third-order valence-electron chi connectivity index (χ3n) is 0.593. The van der Waals surface area contributed by atoms with E-state index in [4.69, 9.17) is 17.3 Å². The average Bonchev–Trinajstić information content (AvgIpc) is 1.64. The normalized spacial score (nSPS) is 9.12. The molecule has 2 N–H and O–H groups in total. The van der Waals surface area contributed by atoms with E-state index in [2.05, 4.69) is 16.0 Å². The van der Waals surface area contributed by atoms with Crippen LogP contribution in [-0.2, 0) is 0 Å². The summed E-state index contributed by atoms with van der Waals surface area (Å²) in [5.74, 6) is 0.175. The van der Waals surface area contributed by atoms with Crippen molar-refractivity contribution in [3.8, 4) is 0 Å². The van der Waals surface area contributed by atoms with Gasteiger partial charge in [-0.2, -0.15) is 0 Å². The van der Waals surface area contributed by atoms with Gasteiger partial charge in [-0.25, -0.2) is 9.97 Å². The molecular formula is C4H3ClN3. The number of hydrogen-bond acceptors (Lipinski definition) is 3. The lowest BCUT2D eigenvalue weighted by Crippen LogP contribution is -1.92. The minimum absolute atomic E-state index is 0.175. The molecule has 1 aromatic heterocycles. The molecule has 0 atom stereocenters.